The molecule has 1 aromatic heterocycles. The number of methoxy groups -OCH3 is 1. The molecule has 1 saturated heterocycles. The Hall–Kier alpha value is -1.98. The second kappa shape index (κ2) is 5.34. The lowest BCUT2D eigenvalue weighted by molar-refractivity contribution is -0.145. The van der Waals surface area contributed by atoms with E-state index in [1.807, 2.05) is 0 Å². The molecule has 0 radical (unpaired) electrons. The van der Waals surface area contributed by atoms with Gasteiger partial charge in [-0.3, -0.25) is 4.79 Å². The van der Waals surface area contributed by atoms with E-state index in [9.17, 15) is 9.59 Å². The van der Waals surface area contributed by atoms with Crippen molar-refractivity contribution in [2.75, 3.05) is 13.7 Å². The summed E-state index contributed by atoms with van der Waals surface area (Å²) in [5.41, 5.74) is 1.76. The lowest BCUT2D eigenvalue weighted by Crippen LogP contribution is -2.41. The third-order valence-corrected chi connectivity index (χ3v) is 3.32. The first-order valence-electron chi connectivity index (χ1n) is 6.24. The molecule has 2 heterocycles. The highest BCUT2D eigenvalue weighted by Gasteiger charge is 2.35. The molecular weight excluding hydrogens is 246 g/mol. The van der Waals surface area contributed by atoms with Crippen molar-refractivity contribution in [2.24, 2.45) is 0 Å². The van der Waals surface area contributed by atoms with Gasteiger partial charge in [-0.15, -0.1) is 0 Å². The summed E-state index contributed by atoms with van der Waals surface area (Å²) in [4.78, 5) is 25.7. The molecular formula is C13H17N3O3. The number of rotatable bonds is 2. The molecule has 1 aliphatic rings. The van der Waals surface area contributed by atoms with Crippen molar-refractivity contribution in [3.63, 3.8) is 0 Å². The van der Waals surface area contributed by atoms with E-state index in [1.165, 1.54) is 7.11 Å². The molecule has 1 aromatic rings. The molecule has 0 bridgehead atoms. The van der Waals surface area contributed by atoms with Gasteiger partial charge in [0.25, 0.3) is 5.91 Å². The van der Waals surface area contributed by atoms with Gasteiger partial charge < -0.3 is 9.64 Å². The first-order valence-corrected chi connectivity index (χ1v) is 6.24. The Balaban J connectivity index is 2.28. The van der Waals surface area contributed by atoms with Crippen LogP contribution >= 0.6 is 0 Å². The zero-order valence-electron chi connectivity index (χ0n) is 11.3. The third kappa shape index (κ3) is 2.57. The monoisotopic (exact) mass is 263 g/mol. The molecule has 2 rings (SSSR count). The van der Waals surface area contributed by atoms with E-state index in [0.29, 0.717) is 29.9 Å². The van der Waals surface area contributed by atoms with E-state index < -0.39 is 6.04 Å². The maximum absolute atomic E-state index is 12.5. The van der Waals surface area contributed by atoms with Crippen molar-refractivity contribution in [3.8, 4) is 0 Å². The van der Waals surface area contributed by atoms with E-state index in [-0.39, 0.29) is 11.9 Å². The number of aromatic nitrogens is 2. The molecule has 0 saturated carbocycles. The molecule has 1 unspecified atom stereocenters. The highest BCUT2D eigenvalue weighted by molar-refractivity contribution is 5.98. The van der Waals surface area contributed by atoms with Crippen LogP contribution < -0.4 is 0 Å². The summed E-state index contributed by atoms with van der Waals surface area (Å²) in [5, 5.41) is 7.85. The van der Waals surface area contributed by atoms with Gasteiger partial charge in [0.1, 0.15) is 6.04 Å². The predicted molar refractivity (Wildman–Crippen MR) is 67.6 cm³/mol. The number of nitrogens with zero attached hydrogens (tertiary/aromatic N) is 3. The number of aryl methyl sites for hydroxylation is 2. The van der Waals surface area contributed by atoms with Crippen LogP contribution in [0.15, 0.2) is 6.07 Å². The van der Waals surface area contributed by atoms with E-state index in [4.69, 9.17) is 4.74 Å². The number of carbonyl (C=O) groups is 2. The van der Waals surface area contributed by atoms with Crippen LogP contribution in [-0.2, 0) is 9.53 Å². The predicted octanol–water partition coefficient (Wildman–Crippen LogP) is 0.871. The SMILES string of the molecule is COC(=O)C1CCCN1C(=O)c1cc(C)nnc1C. The molecule has 6 heteroatoms. The Morgan fingerprint density at radius 1 is 1.37 bits per heavy atom. The zero-order valence-corrected chi connectivity index (χ0v) is 11.3. The number of hydrogen-bond donors (Lipinski definition) is 0. The van der Waals surface area contributed by atoms with E-state index in [2.05, 4.69) is 10.2 Å². The molecule has 102 valence electrons. The van der Waals surface area contributed by atoms with Crippen molar-refractivity contribution in [2.45, 2.75) is 32.7 Å². The number of hydrogen-bond acceptors (Lipinski definition) is 5. The topological polar surface area (TPSA) is 72.4 Å². The summed E-state index contributed by atoms with van der Waals surface area (Å²) in [6.45, 7) is 4.09. The molecule has 1 atom stereocenters. The largest absolute Gasteiger partial charge is 0.467 e. The fraction of sp³-hybridized carbons (Fsp3) is 0.538. The van der Waals surface area contributed by atoms with Crippen LogP contribution in [0.1, 0.15) is 34.6 Å². The van der Waals surface area contributed by atoms with Gasteiger partial charge in [-0.1, -0.05) is 0 Å². The summed E-state index contributed by atoms with van der Waals surface area (Å²) in [5.74, 6) is -0.536. The molecule has 0 aromatic carbocycles. The van der Waals surface area contributed by atoms with Gasteiger partial charge in [0.15, 0.2) is 0 Å². The van der Waals surface area contributed by atoms with Crippen molar-refractivity contribution in [1.29, 1.82) is 0 Å². The average Bonchev–Trinajstić information content (AvgIpc) is 2.89. The molecule has 19 heavy (non-hydrogen) atoms. The molecule has 0 aliphatic carbocycles. The van der Waals surface area contributed by atoms with Crippen LogP contribution in [0.3, 0.4) is 0 Å². The summed E-state index contributed by atoms with van der Waals surface area (Å²) in [6, 6.07) is 1.22. The molecule has 1 fully saturated rings. The molecule has 0 spiro atoms. The quantitative estimate of drug-likeness (QED) is 0.740. The minimum Gasteiger partial charge on any atom is -0.467 e. The third-order valence-electron chi connectivity index (χ3n) is 3.32. The van der Waals surface area contributed by atoms with Crippen LogP contribution in [0.5, 0.6) is 0 Å². The van der Waals surface area contributed by atoms with Gasteiger partial charge in [-0.05, 0) is 32.8 Å². The van der Waals surface area contributed by atoms with Gasteiger partial charge >= 0.3 is 5.97 Å². The van der Waals surface area contributed by atoms with Gasteiger partial charge in [0, 0.05) is 6.54 Å². The molecule has 6 nitrogen and oxygen atoms in total. The first kappa shape index (κ1) is 13.5. The maximum Gasteiger partial charge on any atom is 0.328 e. The van der Waals surface area contributed by atoms with E-state index >= 15 is 0 Å². The summed E-state index contributed by atoms with van der Waals surface area (Å²) >= 11 is 0. The maximum atomic E-state index is 12.5. The lowest BCUT2D eigenvalue weighted by atomic mass is 10.1. The summed E-state index contributed by atoms with van der Waals surface area (Å²) in [6.07, 6.45) is 1.46. The van der Waals surface area contributed by atoms with Crippen molar-refractivity contribution < 1.29 is 14.3 Å². The van der Waals surface area contributed by atoms with E-state index in [0.717, 1.165) is 6.42 Å². The highest BCUT2D eigenvalue weighted by Crippen LogP contribution is 2.22. The number of carbonyl (C=O) groups excluding carboxylic acids is 2. The van der Waals surface area contributed by atoms with Gasteiger partial charge in [-0.2, -0.15) is 10.2 Å². The van der Waals surface area contributed by atoms with Crippen molar-refractivity contribution in [3.05, 3.63) is 23.0 Å². The Morgan fingerprint density at radius 2 is 2.11 bits per heavy atom. The number of amides is 1. The normalized spacial score (nSPS) is 18.5. The van der Waals surface area contributed by atoms with Crippen LogP contribution in [0, 0.1) is 13.8 Å². The Morgan fingerprint density at radius 3 is 2.79 bits per heavy atom. The van der Waals surface area contributed by atoms with Crippen LogP contribution in [0.2, 0.25) is 0 Å². The van der Waals surface area contributed by atoms with Crippen molar-refractivity contribution in [1.82, 2.24) is 15.1 Å². The number of likely N-dealkylation sites (tertiary alicyclic amines) is 1. The van der Waals surface area contributed by atoms with Crippen LogP contribution in [0.4, 0.5) is 0 Å². The number of ether oxygens (including phenoxy) is 1. The molecule has 1 aliphatic heterocycles. The van der Waals surface area contributed by atoms with Gasteiger partial charge in [0.05, 0.1) is 24.1 Å². The Bertz CT molecular complexity index is 516. The summed E-state index contributed by atoms with van der Waals surface area (Å²) < 4.78 is 4.74. The highest BCUT2D eigenvalue weighted by atomic mass is 16.5. The fourth-order valence-corrected chi connectivity index (χ4v) is 2.31. The molecule has 1 amide bonds. The minimum atomic E-state index is -0.481. The average molecular weight is 263 g/mol. The second-order valence-corrected chi connectivity index (χ2v) is 4.66. The van der Waals surface area contributed by atoms with E-state index in [1.54, 1.807) is 24.8 Å². The van der Waals surface area contributed by atoms with Gasteiger partial charge in [0.2, 0.25) is 0 Å². The first-order chi connectivity index (χ1) is 9.04. The Kier molecular flexibility index (Phi) is 3.78. The smallest absolute Gasteiger partial charge is 0.328 e. The van der Waals surface area contributed by atoms with Crippen molar-refractivity contribution >= 4 is 11.9 Å². The fourth-order valence-electron chi connectivity index (χ4n) is 2.31. The lowest BCUT2D eigenvalue weighted by Gasteiger charge is -2.23. The van der Waals surface area contributed by atoms with Crippen LogP contribution in [-0.4, -0.2) is 46.7 Å². The zero-order chi connectivity index (χ0) is 14.0. The standard InChI is InChI=1S/C13H17N3O3/c1-8-7-10(9(2)15-14-8)12(17)16-6-4-5-11(16)13(18)19-3/h7,11H,4-6H2,1-3H3. The van der Waals surface area contributed by atoms with Gasteiger partial charge in [-0.25, -0.2) is 4.79 Å². The molecule has 0 N–H and O–H groups in total. The minimum absolute atomic E-state index is 0.177. The Labute approximate surface area is 111 Å². The van der Waals surface area contributed by atoms with Crippen LogP contribution in [0.25, 0.3) is 0 Å². The second-order valence-electron chi connectivity index (χ2n) is 4.66. The summed E-state index contributed by atoms with van der Waals surface area (Å²) in [7, 11) is 1.34. The number of esters is 1.